The van der Waals surface area contributed by atoms with Crippen LogP contribution >= 0.6 is 0 Å². The molecule has 0 saturated carbocycles. The standard InChI is InChI=1S/C16H20FNO2/c1-16(2)7-8-18(11-16)10-13-3-5-14(17)9-12(13)4-6-15(19)20/h3-6,9H,7-8,10-11H2,1-2H3,(H,19,20)/b6-4+. The van der Waals surface area contributed by atoms with E-state index in [0.717, 1.165) is 37.7 Å². The van der Waals surface area contributed by atoms with E-state index in [4.69, 9.17) is 5.11 Å². The fourth-order valence-corrected chi connectivity index (χ4v) is 2.63. The van der Waals surface area contributed by atoms with Gasteiger partial charge in [0.15, 0.2) is 0 Å². The van der Waals surface area contributed by atoms with Crippen molar-refractivity contribution < 1.29 is 14.3 Å². The van der Waals surface area contributed by atoms with Gasteiger partial charge in [0, 0.05) is 19.2 Å². The van der Waals surface area contributed by atoms with Crippen molar-refractivity contribution in [1.82, 2.24) is 4.90 Å². The van der Waals surface area contributed by atoms with Gasteiger partial charge in [-0.25, -0.2) is 9.18 Å². The lowest BCUT2D eigenvalue weighted by atomic mass is 9.93. The predicted molar refractivity (Wildman–Crippen MR) is 76.7 cm³/mol. The summed E-state index contributed by atoms with van der Waals surface area (Å²) in [6.45, 7) is 7.23. The molecule has 0 bridgehead atoms. The molecule has 1 saturated heterocycles. The van der Waals surface area contributed by atoms with Gasteiger partial charge in [0.05, 0.1) is 0 Å². The Hall–Kier alpha value is -1.68. The third kappa shape index (κ3) is 3.90. The van der Waals surface area contributed by atoms with Gasteiger partial charge in [-0.3, -0.25) is 4.90 Å². The summed E-state index contributed by atoms with van der Waals surface area (Å²) in [6, 6.07) is 4.55. The number of hydrogen-bond donors (Lipinski definition) is 1. The summed E-state index contributed by atoms with van der Waals surface area (Å²) in [5.74, 6) is -1.37. The minimum Gasteiger partial charge on any atom is -0.478 e. The van der Waals surface area contributed by atoms with Crippen LogP contribution in [0.2, 0.25) is 0 Å². The second kappa shape index (κ2) is 5.75. The topological polar surface area (TPSA) is 40.5 Å². The Kier molecular flexibility index (Phi) is 4.23. The lowest BCUT2D eigenvalue weighted by Gasteiger charge is -2.20. The van der Waals surface area contributed by atoms with Crippen LogP contribution in [-0.4, -0.2) is 29.1 Å². The van der Waals surface area contributed by atoms with Gasteiger partial charge < -0.3 is 5.11 Å². The lowest BCUT2D eigenvalue weighted by molar-refractivity contribution is -0.131. The third-order valence-electron chi connectivity index (χ3n) is 3.66. The summed E-state index contributed by atoms with van der Waals surface area (Å²) in [6.07, 6.45) is 3.66. The fourth-order valence-electron chi connectivity index (χ4n) is 2.63. The van der Waals surface area contributed by atoms with E-state index >= 15 is 0 Å². The van der Waals surface area contributed by atoms with Gasteiger partial charge in [0.2, 0.25) is 0 Å². The van der Waals surface area contributed by atoms with Crippen LogP contribution in [0.25, 0.3) is 6.08 Å². The fraction of sp³-hybridized carbons (Fsp3) is 0.438. The van der Waals surface area contributed by atoms with Gasteiger partial charge >= 0.3 is 5.97 Å². The number of rotatable bonds is 4. The molecule has 0 amide bonds. The van der Waals surface area contributed by atoms with E-state index in [9.17, 15) is 9.18 Å². The highest BCUT2D eigenvalue weighted by atomic mass is 19.1. The number of aliphatic carboxylic acids is 1. The number of carbonyl (C=O) groups is 1. The molecule has 1 fully saturated rings. The number of hydrogen-bond acceptors (Lipinski definition) is 2. The average molecular weight is 277 g/mol. The van der Waals surface area contributed by atoms with Crippen LogP contribution in [0, 0.1) is 11.2 Å². The molecule has 0 aliphatic carbocycles. The van der Waals surface area contributed by atoms with E-state index in [2.05, 4.69) is 18.7 Å². The van der Waals surface area contributed by atoms with Crippen molar-refractivity contribution in [2.45, 2.75) is 26.8 Å². The van der Waals surface area contributed by atoms with Gasteiger partial charge in [-0.1, -0.05) is 19.9 Å². The Morgan fingerprint density at radius 1 is 1.50 bits per heavy atom. The van der Waals surface area contributed by atoms with Crippen LogP contribution in [0.3, 0.4) is 0 Å². The van der Waals surface area contributed by atoms with E-state index in [-0.39, 0.29) is 5.82 Å². The number of benzene rings is 1. The van der Waals surface area contributed by atoms with Crippen molar-refractivity contribution in [3.05, 3.63) is 41.2 Å². The van der Waals surface area contributed by atoms with Crippen molar-refractivity contribution in [3.8, 4) is 0 Å². The first-order valence-electron chi connectivity index (χ1n) is 6.77. The molecule has 0 aromatic heterocycles. The zero-order valence-corrected chi connectivity index (χ0v) is 11.9. The summed E-state index contributed by atoms with van der Waals surface area (Å²) >= 11 is 0. The second-order valence-corrected chi connectivity index (χ2v) is 6.14. The molecule has 2 rings (SSSR count). The van der Waals surface area contributed by atoms with E-state index in [1.807, 2.05) is 0 Å². The Balaban J connectivity index is 2.17. The Morgan fingerprint density at radius 2 is 2.25 bits per heavy atom. The summed E-state index contributed by atoms with van der Waals surface area (Å²) in [4.78, 5) is 12.9. The smallest absolute Gasteiger partial charge is 0.328 e. The maximum atomic E-state index is 13.3. The highest BCUT2D eigenvalue weighted by Crippen LogP contribution is 2.30. The minimum absolute atomic E-state index is 0.317. The highest BCUT2D eigenvalue weighted by molar-refractivity contribution is 5.85. The Morgan fingerprint density at radius 3 is 2.85 bits per heavy atom. The molecule has 1 aromatic carbocycles. The molecule has 0 radical (unpaired) electrons. The van der Waals surface area contributed by atoms with Crippen LogP contribution in [0.15, 0.2) is 24.3 Å². The molecular weight excluding hydrogens is 257 g/mol. The van der Waals surface area contributed by atoms with Crippen molar-refractivity contribution in [1.29, 1.82) is 0 Å². The molecule has 3 nitrogen and oxygen atoms in total. The van der Waals surface area contributed by atoms with Crippen LogP contribution in [-0.2, 0) is 11.3 Å². The molecule has 0 atom stereocenters. The molecule has 1 aliphatic rings. The molecule has 4 heteroatoms. The van der Waals surface area contributed by atoms with E-state index in [1.54, 1.807) is 6.07 Å². The number of carboxylic acid groups (broad SMARTS) is 1. The summed E-state index contributed by atoms with van der Waals surface area (Å²) < 4.78 is 13.3. The Bertz CT molecular complexity index is 537. The van der Waals surface area contributed by atoms with Crippen LogP contribution in [0.1, 0.15) is 31.4 Å². The molecular formula is C16H20FNO2. The molecule has 20 heavy (non-hydrogen) atoms. The summed E-state index contributed by atoms with van der Waals surface area (Å²) in [5.41, 5.74) is 1.91. The normalized spacial score (nSPS) is 18.8. The van der Waals surface area contributed by atoms with Crippen molar-refractivity contribution >= 4 is 12.0 Å². The van der Waals surface area contributed by atoms with Crippen molar-refractivity contribution in [2.24, 2.45) is 5.41 Å². The SMILES string of the molecule is CC1(C)CCN(Cc2ccc(F)cc2/C=C/C(=O)O)C1. The third-order valence-corrected chi connectivity index (χ3v) is 3.66. The summed E-state index contributed by atoms with van der Waals surface area (Å²) in [7, 11) is 0. The van der Waals surface area contributed by atoms with E-state index in [1.165, 1.54) is 18.2 Å². The first-order chi connectivity index (χ1) is 9.35. The number of carboxylic acids is 1. The average Bonchev–Trinajstić information content (AvgIpc) is 2.69. The van der Waals surface area contributed by atoms with Crippen LogP contribution < -0.4 is 0 Å². The first kappa shape index (κ1) is 14.7. The molecule has 108 valence electrons. The second-order valence-electron chi connectivity index (χ2n) is 6.14. The largest absolute Gasteiger partial charge is 0.478 e. The molecule has 1 aromatic rings. The van der Waals surface area contributed by atoms with Gasteiger partial charge in [-0.15, -0.1) is 0 Å². The van der Waals surface area contributed by atoms with Crippen molar-refractivity contribution in [2.75, 3.05) is 13.1 Å². The lowest BCUT2D eigenvalue weighted by Crippen LogP contribution is -2.23. The van der Waals surface area contributed by atoms with Crippen LogP contribution in [0.4, 0.5) is 4.39 Å². The summed E-state index contributed by atoms with van der Waals surface area (Å²) in [5, 5.41) is 8.70. The molecule has 1 N–H and O–H groups in total. The highest BCUT2D eigenvalue weighted by Gasteiger charge is 2.29. The van der Waals surface area contributed by atoms with Gasteiger partial charge in [0.25, 0.3) is 0 Å². The quantitative estimate of drug-likeness (QED) is 0.859. The molecule has 1 aliphatic heterocycles. The molecule has 1 heterocycles. The number of halogens is 1. The maximum Gasteiger partial charge on any atom is 0.328 e. The van der Waals surface area contributed by atoms with Gasteiger partial charge in [0.1, 0.15) is 5.82 Å². The van der Waals surface area contributed by atoms with Crippen LogP contribution in [0.5, 0.6) is 0 Å². The maximum absolute atomic E-state index is 13.3. The van der Waals surface area contributed by atoms with Crippen molar-refractivity contribution in [3.63, 3.8) is 0 Å². The zero-order valence-electron chi connectivity index (χ0n) is 11.9. The first-order valence-corrected chi connectivity index (χ1v) is 6.77. The van der Waals surface area contributed by atoms with E-state index in [0.29, 0.717) is 11.0 Å². The molecule has 0 unspecified atom stereocenters. The monoisotopic (exact) mass is 277 g/mol. The zero-order chi connectivity index (χ0) is 14.8. The predicted octanol–water partition coefficient (Wildman–Crippen LogP) is 3.16. The van der Waals surface area contributed by atoms with E-state index < -0.39 is 5.97 Å². The Labute approximate surface area is 118 Å². The van der Waals surface area contributed by atoms with Gasteiger partial charge in [-0.05, 0) is 47.7 Å². The molecule has 0 spiro atoms. The number of likely N-dealkylation sites (tertiary alicyclic amines) is 1. The number of nitrogens with zero attached hydrogens (tertiary/aromatic N) is 1. The minimum atomic E-state index is -1.03. The van der Waals surface area contributed by atoms with Gasteiger partial charge in [-0.2, -0.15) is 0 Å².